The van der Waals surface area contributed by atoms with Crippen LogP contribution >= 0.6 is 34.5 Å². The monoisotopic (exact) mass is 273 g/mol. The maximum absolute atomic E-state index is 11.6. The van der Waals surface area contributed by atoms with E-state index in [4.69, 9.17) is 23.2 Å². The van der Waals surface area contributed by atoms with E-state index < -0.39 is 10.0 Å². The predicted molar refractivity (Wildman–Crippen MR) is 59.8 cm³/mol. The van der Waals surface area contributed by atoms with Crippen molar-refractivity contribution in [1.29, 1.82) is 0 Å². The van der Waals surface area contributed by atoms with Crippen LogP contribution in [0.3, 0.4) is 0 Å². The molecule has 80 valence electrons. The molecular formula is C7H9Cl2NO2S2. The van der Waals surface area contributed by atoms with Gasteiger partial charge in [-0.15, -0.1) is 11.3 Å². The molecule has 1 rings (SSSR count). The zero-order valence-corrected chi connectivity index (χ0v) is 10.5. The van der Waals surface area contributed by atoms with Crippen molar-refractivity contribution in [3.05, 3.63) is 14.7 Å². The summed E-state index contributed by atoms with van der Waals surface area (Å²) in [5, 5.41) is 0. The van der Waals surface area contributed by atoms with Gasteiger partial charge in [0.1, 0.15) is 9.23 Å². The van der Waals surface area contributed by atoms with Gasteiger partial charge in [-0.1, -0.05) is 30.1 Å². The van der Waals surface area contributed by atoms with Gasteiger partial charge in [0.2, 0.25) is 10.0 Å². The van der Waals surface area contributed by atoms with E-state index in [0.29, 0.717) is 10.9 Å². The molecule has 0 aliphatic rings. The largest absolute Gasteiger partial charge is 0.242 e. The number of thiophene rings is 1. The van der Waals surface area contributed by atoms with Crippen LogP contribution in [0.5, 0.6) is 0 Å². The highest BCUT2D eigenvalue weighted by Gasteiger charge is 2.19. The zero-order chi connectivity index (χ0) is 10.8. The topological polar surface area (TPSA) is 46.2 Å². The number of halogens is 2. The van der Waals surface area contributed by atoms with E-state index in [9.17, 15) is 8.42 Å². The number of sulfonamides is 1. The molecule has 0 atom stereocenters. The van der Waals surface area contributed by atoms with E-state index in [-0.39, 0.29) is 9.23 Å². The van der Waals surface area contributed by atoms with E-state index in [1.54, 1.807) is 0 Å². The SMILES string of the molecule is CCCNS(=O)(=O)c1cc(Cl)sc1Cl. The summed E-state index contributed by atoms with van der Waals surface area (Å²) >= 11 is 12.4. The summed E-state index contributed by atoms with van der Waals surface area (Å²) in [6.45, 7) is 2.27. The highest BCUT2D eigenvalue weighted by Crippen LogP contribution is 2.33. The Morgan fingerprint density at radius 1 is 1.50 bits per heavy atom. The van der Waals surface area contributed by atoms with Gasteiger partial charge in [-0.2, -0.15) is 0 Å². The van der Waals surface area contributed by atoms with Crippen molar-refractivity contribution in [3.8, 4) is 0 Å². The summed E-state index contributed by atoms with van der Waals surface area (Å²) in [5.74, 6) is 0. The molecule has 14 heavy (non-hydrogen) atoms. The van der Waals surface area contributed by atoms with Crippen LogP contribution in [0.1, 0.15) is 13.3 Å². The Morgan fingerprint density at radius 3 is 2.57 bits per heavy atom. The number of rotatable bonds is 4. The second-order valence-electron chi connectivity index (χ2n) is 2.59. The Kier molecular flexibility index (Phi) is 4.21. The van der Waals surface area contributed by atoms with Crippen molar-refractivity contribution >= 4 is 44.6 Å². The molecule has 0 bridgehead atoms. The van der Waals surface area contributed by atoms with Crippen LogP contribution in [-0.2, 0) is 10.0 Å². The molecule has 0 saturated carbocycles. The molecule has 0 saturated heterocycles. The van der Waals surface area contributed by atoms with Gasteiger partial charge in [0.15, 0.2) is 0 Å². The van der Waals surface area contributed by atoms with Crippen LogP contribution in [0.15, 0.2) is 11.0 Å². The lowest BCUT2D eigenvalue weighted by atomic mass is 10.5. The Labute approximate surface area is 97.1 Å². The van der Waals surface area contributed by atoms with Crippen LogP contribution in [0.2, 0.25) is 8.67 Å². The lowest BCUT2D eigenvalue weighted by Gasteiger charge is -2.02. The first-order chi connectivity index (χ1) is 6.47. The molecule has 0 radical (unpaired) electrons. The van der Waals surface area contributed by atoms with Crippen LogP contribution in [0, 0.1) is 0 Å². The van der Waals surface area contributed by atoms with Crippen molar-refractivity contribution in [2.75, 3.05) is 6.54 Å². The molecule has 0 unspecified atom stereocenters. The van der Waals surface area contributed by atoms with Gasteiger partial charge < -0.3 is 0 Å². The van der Waals surface area contributed by atoms with Crippen LogP contribution in [0.25, 0.3) is 0 Å². The van der Waals surface area contributed by atoms with Crippen molar-refractivity contribution < 1.29 is 8.42 Å². The Balaban J connectivity index is 2.98. The molecule has 0 aliphatic carbocycles. The molecule has 1 aromatic heterocycles. The fraction of sp³-hybridized carbons (Fsp3) is 0.429. The minimum Gasteiger partial charge on any atom is -0.211 e. The van der Waals surface area contributed by atoms with Gasteiger partial charge in [-0.3, -0.25) is 0 Å². The quantitative estimate of drug-likeness (QED) is 0.917. The maximum Gasteiger partial charge on any atom is 0.242 e. The molecule has 0 aliphatic heterocycles. The zero-order valence-electron chi connectivity index (χ0n) is 7.38. The lowest BCUT2D eigenvalue weighted by Crippen LogP contribution is -2.24. The first-order valence-corrected chi connectivity index (χ1v) is 6.97. The van der Waals surface area contributed by atoms with Gasteiger partial charge in [0.25, 0.3) is 0 Å². The number of nitrogens with one attached hydrogen (secondary N) is 1. The maximum atomic E-state index is 11.6. The number of hydrogen-bond donors (Lipinski definition) is 1. The first kappa shape index (κ1) is 12.3. The molecule has 7 heteroatoms. The summed E-state index contributed by atoms with van der Waals surface area (Å²) in [6, 6.07) is 1.35. The molecular weight excluding hydrogens is 265 g/mol. The third-order valence-corrected chi connectivity index (χ3v) is 4.67. The van der Waals surface area contributed by atoms with Crippen LogP contribution in [0.4, 0.5) is 0 Å². The van der Waals surface area contributed by atoms with Crippen LogP contribution in [-0.4, -0.2) is 15.0 Å². The molecule has 0 fully saturated rings. The van der Waals surface area contributed by atoms with Crippen molar-refractivity contribution in [2.24, 2.45) is 0 Å². The second kappa shape index (κ2) is 4.81. The molecule has 0 spiro atoms. The summed E-state index contributed by atoms with van der Waals surface area (Å²) in [4.78, 5) is 0.0580. The third kappa shape index (κ3) is 2.84. The fourth-order valence-electron chi connectivity index (χ4n) is 0.823. The summed E-state index contributed by atoms with van der Waals surface area (Å²) < 4.78 is 26.1. The normalized spacial score (nSPS) is 11.9. The van der Waals surface area contributed by atoms with Crippen molar-refractivity contribution in [1.82, 2.24) is 4.72 Å². The number of hydrogen-bond acceptors (Lipinski definition) is 3. The standard InChI is InChI=1S/C7H9Cl2NO2S2/c1-2-3-10-14(11,12)5-4-6(8)13-7(5)9/h4,10H,2-3H2,1H3. The average molecular weight is 274 g/mol. The third-order valence-electron chi connectivity index (χ3n) is 1.46. The predicted octanol–water partition coefficient (Wildman–Crippen LogP) is 2.74. The van der Waals surface area contributed by atoms with Crippen molar-refractivity contribution in [3.63, 3.8) is 0 Å². The van der Waals surface area contributed by atoms with Crippen molar-refractivity contribution in [2.45, 2.75) is 18.2 Å². The Morgan fingerprint density at radius 2 is 2.14 bits per heavy atom. The van der Waals surface area contributed by atoms with Gasteiger partial charge in [0.05, 0.1) is 4.34 Å². The molecule has 1 heterocycles. The summed E-state index contributed by atoms with van der Waals surface area (Å²) in [7, 11) is -3.49. The van der Waals surface area contributed by atoms with Gasteiger partial charge in [-0.25, -0.2) is 13.1 Å². The highest BCUT2D eigenvalue weighted by atomic mass is 35.5. The molecule has 1 aromatic rings. The van der Waals surface area contributed by atoms with E-state index >= 15 is 0 Å². The Bertz CT molecular complexity index is 413. The second-order valence-corrected chi connectivity index (χ2v) is 6.61. The van der Waals surface area contributed by atoms with E-state index in [1.165, 1.54) is 6.07 Å². The first-order valence-electron chi connectivity index (χ1n) is 3.92. The molecule has 3 nitrogen and oxygen atoms in total. The molecule has 0 aromatic carbocycles. The van der Waals surface area contributed by atoms with E-state index in [0.717, 1.165) is 17.8 Å². The van der Waals surface area contributed by atoms with Crippen LogP contribution < -0.4 is 4.72 Å². The fourth-order valence-corrected chi connectivity index (χ4v) is 4.10. The van der Waals surface area contributed by atoms with Gasteiger partial charge in [0, 0.05) is 6.54 Å². The molecule has 0 amide bonds. The Hall–Kier alpha value is 0.190. The smallest absolute Gasteiger partial charge is 0.211 e. The lowest BCUT2D eigenvalue weighted by molar-refractivity contribution is 0.581. The van der Waals surface area contributed by atoms with E-state index in [2.05, 4.69) is 4.72 Å². The van der Waals surface area contributed by atoms with Gasteiger partial charge >= 0.3 is 0 Å². The molecule has 1 N–H and O–H groups in total. The summed E-state index contributed by atoms with van der Waals surface area (Å²) in [6.07, 6.45) is 0.731. The minimum absolute atomic E-state index is 0.0580. The average Bonchev–Trinajstić information content (AvgIpc) is 2.42. The van der Waals surface area contributed by atoms with Gasteiger partial charge in [-0.05, 0) is 12.5 Å². The highest BCUT2D eigenvalue weighted by molar-refractivity contribution is 7.89. The summed E-state index contributed by atoms with van der Waals surface area (Å²) in [5.41, 5.74) is 0. The van der Waals surface area contributed by atoms with E-state index in [1.807, 2.05) is 6.92 Å². The minimum atomic E-state index is -3.49.